The lowest BCUT2D eigenvalue weighted by molar-refractivity contribution is -0.385. The number of nitro groups is 2. The summed E-state index contributed by atoms with van der Waals surface area (Å²) in [7, 11) is 0. The molecule has 2 N–H and O–H groups in total. The van der Waals surface area contributed by atoms with Crippen LogP contribution in [0.1, 0.15) is 36.8 Å². The molecule has 0 aromatic heterocycles. The summed E-state index contributed by atoms with van der Waals surface area (Å²) in [5, 5.41) is 34.5. The fourth-order valence-corrected chi connectivity index (χ4v) is 5.28. The Kier molecular flexibility index (Phi) is 12.0. The van der Waals surface area contributed by atoms with Crippen LogP contribution in [0.5, 0.6) is 0 Å². The van der Waals surface area contributed by atoms with Crippen molar-refractivity contribution in [1.82, 2.24) is 20.0 Å². The second-order valence-electron chi connectivity index (χ2n) is 11.1. The largest absolute Gasteiger partial charge is 0.445 e. The van der Waals surface area contributed by atoms with E-state index in [1.54, 1.807) is 4.90 Å². The third-order valence-corrected chi connectivity index (χ3v) is 7.91. The molecule has 2 aliphatic rings. The molecule has 4 rings (SSSR count). The summed E-state index contributed by atoms with van der Waals surface area (Å²) in [4.78, 5) is 75.7. The first-order valence-corrected chi connectivity index (χ1v) is 15.1. The van der Waals surface area contributed by atoms with Crippen LogP contribution in [-0.2, 0) is 32.3 Å². The van der Waals surface area contributed by atoms with Gasteiger partial charge < -0.3 is 29.7 Å². The molecule has 0 bridgehead atoms. The predicted octanol–water partition coefficient (Wildman–Crippen LogP) is 2.34. The van der Waals surface area contributed by atoms with Gasteiger partial charge in [0.05, 0.1) is 9.85 Å². The first-order valence-electron chi connectivity index (χ1n) is 15.1. The number of likely N-dealkylation sites (tertiary alicyclic amines) is 1. The van der Waals surface area contributed by atoms with Gasteiger partial charge in [-0.3, -0.25) is 34.7 Å². The van der Waals surface area contributed by atoms with E-state index < -0.39 is 40.1 Å². The van der Waals surface area contributed by atoms with E-state index in [9.17, 15) is 44.5 Å². The average molecular weight is 657 g/mol. The number of hydrogen-bond acceptors (Lipinski definition) is 11. The monoisotopic (exact) mass is 656 g/mol. The van der Waals surface area contributed by atoms with Crippen LogP contribution in [0.4, 0.5) is 21.0 Å². The van der Waals surface area contributed by atoms with Gasteiger partial charge in [-0.05, 0) is 61.1 Å². The summed E-state index contributed by atoms with van der Waals surface area (Å²) >= 11 is 0. The highest BCUT2D eigenvalue weighted by atomic mass is 16.6. The van der Waals surface area contributed by atoms with Crippen molar-refractivity contribution in [1.29, 1.82) is 0 Å². The molecule has 2 aliphatic heterocycles. The highest BCUT2D eigenvalue weighted by Crippen LogP contribution is 2.22. The molecular formula is C30H36N6O11. The highest BCUT2D eigenvalue weighted by Gasteiger charge is 2.39. The van der Waals surface area contributed by atoms with Crippen LogP contribution < -0.4 is 5.32 Å². The van der Waals surface area contributed by atoms with E-state index in [0.29, 0.717) is 36.9 Å². The molecule has 2 heterocycles. The SMILES string of the molecule is O=C(NCCC[C@H](O)C(=O)N1CCN(C(=O)C2CCCN2C(=O)OCc2ccc([N+](=O)[O-])cc2)CC1)OCc1ccc([N+](=O)[O-])cc1. The molecule has 1 unspecified atom stereocenters. The summed E-state index contributed by atoms with van der Waals surface area (Å²) in [6.07, 6.45) is -1.14. The van der Waals surface area contributed by atoms with Crippen molar-refractivity contribution < 1.29 is 43.6 Å². The molecule has 0 aliphatic carbocycles. The number of non-ortho nitro benzene ring substituents is 2. The third-order valence-electron chi connectivity index (χ3n) is 7.91. The van der Waals surface area contributed by atoms with E-state index in [-0.39, 0.29) is 69.6 Å². The van der Waals surface area contributed by atoms with E-state index in [0.717, 1.165) is 0 Å². The Morgan fingerprint density at radius 1 is 0.830 bits per heavy atom. The molecule has 17 nitrogen and oxygen atoms in total. The molecule has 0 spiro atoms. The smallest absolute Gasteiger partial charge is 0.410 e. The van der Waals surface area contributed by atoms with Crippen LogP contribution in [0.2, 0.25) is 0 Å². The Morgan fingerprint density at radius 3 is 1.91 bits per heavy atom. The van der Waals surface area contributed by atoms with Crippen molar-refractivity contribution in [3.05, 3.63) is 79.9 Å². The summed E-state index contributed by atoms with van der Waals surface area (Å²) in [5.41, 5.74) is 1.00. The van der Waals surface area contributed by atoms with Gasteiger partial charge in [-0.15, -0.1) is 0 Å². The summed E-state index contributed by atoms with van der Waals surface area (Å²) in [6.45, 7) is 1.24. The standard InChI is InChI=1S/C30H36N6O11/c37-26(4-1-13-31-29(40)46-19-21-5-9-23(10-6-21)35(42)43)28(39)33-17-15-32(16-18-33)27(38)25-3-2-14-34(25)30(41)47-20-22-7-11-24(12-8-22)36(44)45/h5-12,25-26,37H,1-4,13-20H2,(H,31,40)/t25?,26-/m0/s1. The quantitative estimate of drug-likeness (QED) is 0.192. The molecule has 2 aromatic carbocycles. The summed E-state index contributed by atoms with van der Waals surface area (Å²) < 4.78 is 10.4. The first kappa shape index (κ1) is 34.6. The number of aliphatic hydroxyl groups is 1. The molecule has 17 heteroatoms. The number of alkyl carbamates (subject to hydrolysis) is 1. The fraction of sp³-hybridized carbons (Fsp3) is 0.467. The number of piperazine rings is 1. The second kappa shape index (κ2) is 16.3. The number of hydrogen-bond donors (Lipinski definition) is 2. The number of nitrogens with zero attached hydrogens (tertiary/aromatic N) is 5. The highest BCUT2D eigenvalue weighted by molar-refractivity contribution is 5.87. The lowest BCUT2D eigenvalue weighted by Gasteiger charge is -2.37. The van der Waals surface area contributed by atoms with Gasteiger partial charge in [-0.2, -0.15) is 0 Å². The van der Waals surface area contributed by atoms with Crippen molar-refractivity contribution >= 4 is 35.4 Å². The van der Waals surface area contributed by atoms with Crippen LogP contribution in [0.15, 0.2) is 48.5 Å². The van der Waals surface area contributed by atoms with Crippen molar-refractivity contribution in [2.45, 2.75) is 51.0 Å². The number of rotatable bonds is 12. The van der Waals surface area contributed by atoms with Crippen LogP contribution in [0, 0.1) is 20.2 Å². The summed E-state index contributed by atoms with van der Waals surface area (Å²) in [6, 6.07) is 10.5. The minimum Gasteiger partial charge on any atom is -0.445 e. The lowest BCUT2D eigenvalue weighted by Crippen LogP contribution is -2.56. The number of carbonyl (C=O) groups is 4. The molecule has 252 valence electrons. The molecule has 4 amide bonds. The zero-order valence-corrected chi connectivity index (χ0v) is 25.5. The molecule has 0 radical (unpaired) electrons. The van der Waals surface area contributed by atoms with Gasteiger partial charge >= 0.3 is 12.2 Å². The maximum atomic E-state index is 13.3. The predicted molar refractivity (Wildman–Crippen MR) is 163 cm³/mol. The third kappa shape index (κ3) is 9.59. The van der Waals surface area contributed by atoms with E-state index in [1.165, 1.54) is 58.3 Å². The molecule has 2 saturated heterocycles. The Morgan fingerprint density at radius 2 is 1.36 bits per heavy atom. The van der Waals surface area contributed by atoms with Gasteiger partial charge in [0.1, 0.15) is 25.4 Å². The maximum absolute atomic E-state index is 13.3. The van der Waals surface area contributed by atoms with Gasteiger partial charge in [0.2, 0.25) is 5.91 Å². The number of nitro benzene ring substituents is 2. The lowest BCUT2D eigenvalue weighted by atomic mass is 10.1. The minimum absolute atomic E-state index is 0.0719. The number of amides is 4. The van der Waals surface area contributed by atoms with E-state index in [2.05, 4.69) is 5.32 Å². The van der Waals surface area contributed by atoms with Gasteiger partial charge in [-0.1, -0.05) is 0 Å². The number of aliphatic hydroxyl groups excluding tert-OH is 1. The normalized spacial score (nSPS) is 16.7. The number of benzene rings is 2. The number of nitrogens with one attached hydrogen (secondary N) is 1. The fourth-order valence-electron chi connectivity index (χ4n) is 5.28. The van der Waals surface area contributed by atoms with Crippen LogP contribution >= 0.6 is 0 Å². The minimum atomic E-state index is -1.29. The first-order chi connectivity index (χ1) is 22.5. The van der Waals surface area contributed by atoms with E-state index in [4.69, 9.17) is 9.47 Å². The molecule has 0 saturated carbocycles. The van der Waals surface area contributed by atoms with E-state index in [1.807, 2.05) is 0 Å². The molecule has 2 aromatic rings. The van der Waals surface area contributed by atoms with Crippen molar-refractivity contribution in [2.75, 3.05) is 39.3 Å². The number of ether oxygens (including phenoxy) is 2. The van der Waals surface area contributed by atoms with Gasteiger partial charge in [0.25, 0.3) is 17.3 Å². The Balaban J connectivity index is 1.13. The van der Waals surface area contributed by atoms with E-state index >= 15 is 0 Å². The molecule has 2 atom stereocenters. The van der Waals surface area contributed by atoms with Crippen molar-refractivity contribution in [3.63, 3.8) is 0 Å². The van der Waals surface area contributed by atoms with Crippen LogP contribution in [-0.4, -0.2) is 105 Å². The topological polar surface area (TPSA) is 215 Å². The zero-order valence-electron chi connectivity index (χ0n) is 25.5. The maximum Gasteiger partial charge on any atom is 0.410 e. The van der Waals surface area contributed by atoms with Gasteiger partial charge in [0.15, 0.2) is 0 Å². The van der Waals surface area contributed by atoms with Crippen LogP contribution in [0.3, 0.4) is 0 Å². The van der Waals surface area contributed by atoms with Crippen molar-refractivity contribution in [3.8, 4) is 0 Å². The molecule has 2 fully saturated rings. The summed E-state index contributed by atoms with van der Waals surface area (Å²) in [5.74, 6) is -0.718. The average Bonchev–Trinajstić information content (AvgIpc) is 3.58. The van der Waals surface area contributed by atoms with Crippen molar-refractivity contribution in [2.24, 2.45) is 0 Å². The van der Waals surface area contributed by atoms with Crippen LogP contribution in [0.25, 0.3) is 0 Å². The molecule has 47 heavy (non-hydrogen) atoms. The second-order valence-corrected chi connectivity index (χ2v) is 11.1. The van der Waals surface area contributed by atoms with Gasteiger partial charge in [-0.25, -0.2) is 9.59 Å². The zero-order chi connectivity index (χ0) is 33.9. The Labute approximate surface area is 269 Å². The molecular weight excluding hydrogens is 620 g/mol. The number of carbonyl (C=O) groups excluding carboxylic acids is 4. The van der Waals surface area contributed by atoms with Gasteiger partial charge in [0, 0.05) is 63.5 Å². The Bertz CT molecular complexity index is 1450. The Hall–Kier alpha value is -5.32.